The van der Waals surface area contributed by atoms with Crippen LogP contribution in [0.5, 0.6) is 0 Å². The average molecular weight is 473 g/mol. The van der Waals surface area contributed by atoms with Crippen molar-refractivity contribution in [3.63, 3.8) is 0 Å². The number of carbonyl (C=O) groups excluding carboxylic acids is 3. The van der Waals surface area contributed by atoms with Crippen LogP contribution in [0, 0.1) is 18.3 Å². The molecule has 1 aliphatic rings. The third-order valence-electron chi connectivity index (χ3n) is 5.25. The second-order valence-corrected chi connectivity index (χ2v) is 7.04. The Hall–Kier alpha value is -3.59. The minimum Gasteiger partial charge on any atom is -0.468 e. The molecule has 2 unspecified atom stereocenters. The van der Waals surface area contributed by atoms with Crippen LogP contribution in [-0.2, 0) is 19.9 Å². The first-order valence-corrected chi connectivity index (χ1v) is 9.01. The van der Waals surface area contributed by atoms with E-state index in [1.54, 1.807) is 0 Å². The lowest BCUT2D eigenvalue weighted by molar-refractivity contribution is -0.283. The van der Waals surface area contributed by atoms with Crippen molar-refractivity contribution in [2.75, 3.05) is 18.6 Å². The van der Waals surface area contributed by atoms with Crippen molar-refractivity contribution in [2.45, 2.75) is 18.0 Å². The van der Waals surface area contributed by atoms with Crippen LogP contribution in [0.4, 0.5) is 32.0 Å². The summed E-state index contributed by atoms with van der Waals surface area (Å²) in [7, 11) is 0.659. The van der Waals surface area contributed by atoms with E-state index < -0.39 is 75.7 Å². The van der Waals surface area contributed by atoms with Crippen LogP contribution in [-0.4, -0.2) is 48.8 Å². The lowest BCUT2D eigenvalue weighted by Gasteiger charge is -2.44. The van der Waals surface area contributed by atoms with Crippen molar-refractivity contribution in [3.05, 3.63) is 41.5 Å². The number of nitrogens with zero attached hydrogens (tertiary/aromatic N) is 1. The van der Waals surface area contributed by atoms with Crippen molar-refractivity contribution in [3.8, 4) is 12.3 Å². The fraction of sp³-hybridized carbons (Fsp3) is 0.286. The second kappa shape index (κ2) is 7.77. The highest BCUT2D eigenvalue weighted by Gasteiger charge is 2.69. The molecule has 174 valence electrons. The number of ketones is 1. The van der Waals surface area contributed by atoms with E-state index in [0.717, 1.165) is 12.1 Å². The normalized spacial score (nSPS) is 20.9. The van der Waals surface area contributed by atoms with E-state index in [1.807, 2.05) is 5.92 Å². The van der Waals surface area contributed by atoms with E-state index in [0.29, 0.717) is 12.0 Å². The van der Waals surface area contributed by atoms with Crippen molar-refractivity contribution in [1.29, 1.82) is 0 Å². The van der Waals surface area contributed by atoms with E-state index >= 15 is 0 Å². The van der Waals surface area contributed by atoms with Crippen LogP contribution in [0.3, 0.4) is 0 Å². The Morgan fingerprint density at radius 1 is 1.18 bits per heavy atom. The van der Waals surface area contributed by atoms with Gasteiger partial charge in [0.25, 0.3) is 5.78 Å². The Labute approximate surface area is 181 Å². The molecular weight excluding hydrogens is 460 g/mol. The molecule has 0 saturated heterocycles. The second-order valence-electron chi connectivity index (χ2n) is 7.04. The summed E-state index contributed by atoms with van der Waals surface area (Å²) in [4.78, 5) is 37.8. The van der Waals surface area contributed by atoms with E-state index in [4.69, 9.17) is 6.42 Å². The summed E-state index contributed by atoms with van der Waals surface area (Å²) in [6, 6.07) is 4.75. The lowest BCUT2D eigenvalue weighted by atomic mass is 9.73. The molecule has 0 bridgehead atoms. The molecule has 2 atom stereocenters. The number of hydrogen-bond acceptors (Lipinski definition) is 5. The number of hydrogen-bond donors (Lipinski definition) is 1. The van der Waals surface area contributed by atoms with Crippen LogP contribution in [0.15, 0.2) is 30.3 Å². The number of terminal acetylenes is 1. The van der Waals surface area contributed by atoms with Gasteiger partial charge in [-0.3, -0.25) is 19.3 Å². The first-order chi connectivity index (χ1) is 15.2. The first kappa shape index (κ1) is 24.1. The maximum atomic E-state index is 14.2. The molecule has 0 fully saturated rings. The molecular formula is C21H13F6NO5. The molecule has 0 aromatic heterocycles. The first-order valence-electron chi connectivity index (χ1n) is 9.01. The van der Waals surface area contributed by atoms with Gasteiger partial charge in [0.2, 0.25) is 11.5 Å². The molecule has 33 heavy (non-hydrogen) atoms. The number of esters is 1. The van der Waals surface area contributed by atoms with Gasteiger partial charge < -0.3 is 9.84 Å². The summed E-state index contributed by atoms with van der Waals surface area (Å²) >= 11 is 0. The minimum absolute atomic E-state index is 0.187. The van der Waals surface area contributed by atoms with Gasteiger partial charge in [-0.15, -0.1) is 6.42 Å². The Morgan fingerprint density at radius 2 is 1.76 bits per heavy atom. The van der Waals surface area contributed by atoms with Crippen LogP contribution in [0.1, 0.15) is 15.9 Å². The monoisotopic (exact) mass is 473 g/mol. The van der Waals surface area contributed by atoms with E-state index in [2.05, 4.69) is 4.74 Å². The Bertz CT molecular complexity index is 1210. The van der Waals surface area contributed by atoms with Crippen molar-refractivity contribution in [1.82, 2.24) is 0 Å². The van der Waals surface area contributed by atoms with Crippen molar-refractivity contribution >= 4 is 34.1 Å². The number of rotatable bonds is 3. The van der Waals surface area contributed by atoms with Crippen LogP contribution in [0.25, 0.3) is 10.8 Å². The van der Waals surface area contributed by atoms with Crippen LogP contribution in [0.2, 0.25) is 0 Å². The van der Waals surface area contributed by atoms with Gasteiger partial charge in [-0.25, -0.2) is 0 Å². The van der Waals surface area contributed by atoms with Crippen molar-refractivity contribution in [2.24, 2.45) is 5.92 Å². The number of benzene rings is 2. The van der Waals surface area contributed by atoms with Gasteiger partial charge in [-0.05, 0) is 11.5 Å². The van der Waals surface area contributed by atoms with Crippen molar-refractivity contribution < 1.29 is 50.6 Å². The molecule has 6 nitrogen and oxygen atoms in total. The topological polar surface area (TPSA) is 83.9 Å². The Morgan fingerprint density at radius 3 is 2.24 bits per heavy atom. The fourth-order valence-electron chi connectivity index (χ4n) is 3.84. The number of halogens is 6. The standard InChI is InChI=1S/C21H13F6NO5/c1-3-8-28-15-11-7-5-4-6-10(11)12(16(29)20(22,23)24)9-13(15)19(32,21(25,26)27)14(17(28)30)18(31)33-2/h1,4-7,9,14,32H,8H2,2H3. The van der Waals surface area contributed by atoms with Gasteiger partial charge in [-0.2, -0.15) is 26.3 Å². The Kier molecular flexibility index (Phi) is 5.67. The molecule has 2 aromatic rings. The molecule has 0 radical (unpaired) electrons. The molecule has 0 spiro atoms. The van der Waals surface area contributed by atoms with Gasteiger partial charge in [0.15, 0.2) is 5.92 Å². The number of fused-ring (bicyclic) bond motifs is 3. The molecule has 1 aliphatic heterocycles. The highest BCUT2D eigenvalue weighted by Crippen LogP contribution is 2.54. The number of aliphatic hydroxyl groups is 1. The van der Waals surface area contributed by atoms with E-state index in [-0.39, 0.29) is 6.07 Å². The third-order valence-corrected chi connectivity index (χ3v) is 5.25. The third kappa shape index (κ3) is 3.48. The average Bonchev–Trinajstić information content (AvgIpc) is 2.73. The number of alkyl halides is 6. The molecule has 1 N–H and O–H groups in total. The fourth-order valence-corrected chi connectivity index (χ4v) is 3.84. The zero-order chi connectivity index (χ0) is 24.9. The largest absolute Gasteiger partial charge is 0.468 e. The number of ether oxygens (including phenoxy) is 1. The highest BCUT2D eigenvalue weighted by molar-refractivity contribution is 6.19. The number of Topliss-reactive ketones (excluding diaryl/α,β-unsaturated/α-hetero) is 1. The van der Waals surface area contributed by atoms with E-state index in [9.17, 15) is 45.8 Å². The molecule has 0 aliphatic carbocycles. The molecule has 3 rings (SSSR count). The minimum atomic E-state index is -5.75. The van der Waals surface area contributed by atoms with Gasteiger partial charge >= 0.3 is 18.3 Å². The maximum Gasteiger partial charge on any atom is 0.454 e. The summed E-state index contributed by atoms with van der Waals surface area (Å²) in [6.45, 7) is -0.691. The number of anilines is 1. The van der Waals surface area contributed by atoms with Gasteiger partial charge in [0, 0.05) is 16.5 Å². The maximum absolute atomic E-state index is 14.2. The predicted molar refractivity (Wildman–Crippen MR) is 101 cm³/mol. The predicted octanol–water partition coefficient (Wildman–Crippen LogP) is 3.10. The van der Waals surface area contributed by atoms with Gasteiger partial charge in [0.1, 0.15) is 0 Å². The summed E-state index contributed by atoms with van der Waals surface area (Å²) < 4.78 is 86.7. The zero-order valence-corrected chi connectivity index (χ0v) is 16.5. The molecule has 1 heterocycles. The number of carbonyl (C=O) groups is 3. The molecule has 12 heteroatoms. The summed E-state index contributed by atoms with van der Waals surface area (Å²) in [5.74, 6) is -6.79. The molecule has 2 aromatic carbocycles. The summed E-state index contributed by atoms with van der Waals surface area (Å²) in [6.07, 6.45) is -6.01. The lowest BCUT2D eigenvalue weighted by Crippen LogP contribution is -2.61. The Balaban J connectivity index is 2.58. The van der Waals surface area contributed by atoms with E-state index in [1.165, 1.54) is 12.1 Å². The molecule has 0 saturated carbocycles. The quantitative estimate of drug-likeness (QED) is 0.244. The highest BCUT2D eigenvalue weighted by atomic mass is 19.4. The summed E-state index contributed by atoms with van der Waals surface area (Å²) in [5, 5.41) is 10.0. The molecule has 1 amide bonds. The van der Waals surface area contributed by atoms with Crippen LogP contribution >= 0.6 is 0 Å². The summed E-state index contributed by atoms with van der Waals surface area (Å²) in [5.41, 5.74) is -7.51. The smallest absolute Gasteiger partial charge is 0.454 e. The van der Waals surface area contributed by atoms with Gasteiger partial charge in [0.05, 0.1) is 19.3 Å². The van der Waals surface area contributed by atoms with Gasteiger partial charge in [-0.1, -0.05) is 30.2 Å². The SMILES string of the molecule is C#CCN1C(=O)C(C(=O)OC)C(O)(C(F)(F)F)c2cc(C(=O)C(F)(F)F)c3ccccc3c21. The zero-order valence-electron chi connectivity index (χ0n) is 16.5. The van der Waals surface area contributed by atoms with Crippen LogP contribution < -0.4 is 4.90 Å². The number of methoxy groups -OCH3 is 1. The number of amides is 1.